The minimum Gasteiger partial charge on any atom is -0.265 e. The zero-order valence-electron chi connectivity index (χ0n) is 13.4. The lowest BCUT2D eigenvalue weighted by atomic mass is 9.69. The smallest absolute Gasteiger partial charge is 0.0406 e. The van der Waals surface area contributed by atoms with E-state index in [1.807, 2.05) is 24.5 Å². The molecule has 1 aromatic carbocycles. The van der Waals surface area contributed by atoms with Crippen molar-refractivity contribution >= 4 is 11.6 Å². The lowest BCUT2D eigenvalue weighted by Crippen LogP contribution is -2.28. The summed E-state index contributed by atoms with van der Waals surface area (Å²) >= 11 is 6.00. The Balaban J connectivity index is 2.12. The maximum Gasteiger partial charge on any atom is 0.0406 e. The van der Waals surface area contributed by atoms with Gasteiger partial charge in [-0.1, -0.05) is 51.4 Å². The molecule has 2 heteroatoms. The van der Waals surface area contributed by atoms with Gasteiger partial charge in [0.2, 0.25) is 0 Å². The zero-order valence-corrected chi connectivity index (χ0v) is 14.1. The quantitative estimate of drug-likeness (QED) is 0.693. The number of hydrogen-bond acceptors (Lipinski definition) is 1. The standard InChI is InChI=1S/C19H24ClN/c1-18(2,13-15-9-11-21-12-10-15)14-19(3,4)16-5-7-17(20)8-6-16/h5-12H,13-14H2,1-4H3. The number of pyridine rings is 1. The molecular weight excluding hydrogens is 278 g/mol. The summed E-state index contributed by atoms with van der Waals surface area (Å²) in [5, 5.41) is 0.797. The van der Waals surface area contributed by atoms with Crippen LogP contribution in [0.5, 0.6) is 0 Å². The van der Waals surface area contributed by atoms with Gasteiger partial charge in [0.1, 0.15) is 0 Å². The van der Waals surface area contributed by atoms with Crippen LogP contribution in [-0.4, -0.2) is 4.98 Å². The third kappa shape index (κ3) is 4.57. The maximum atomic E-state index is 6.00. The molecule has 2 aromatic rings. The molecule has 1 aromatic heterocycles. The molecule has 0 saturated heterocycles. The SMILES string of the molecule is CC(C)(Cc1ccncc1)CC(C)(C)c1ccc(Cl)cc1. The monoisotopic (exact) mass is 301 g/mol. The topological polar surface area (TPSA) is 12.9 Å². The summed E-state index contributed by atoms with van der Waals surface area (Å²) < 4.78 is 0. The van der Waals surface area contributed by atoms with Crippen molar-refractivity contribution in [1.29, 1.82) is 0 Å². The van der Waals surface area contributed by atoms with Crippen molar-refractivity contribution in [3.05, 3.63) is 64.9 Å². The first-order valence-corrected chi connectivity index (χ1v) is 7.81. The Morgan fingerprint density at radius 2 is 1.48 bits per heavy atom. The van der Waals surface area contributed by atoms with Gasteiger partial charge in [0.05, 0.1) is 0 Å². The van der Waals surface area contributed by atoms with Gasteiger partial charge in [0, 0.05) is 17.4 Å². The predicted octanol–water partition coefficient (Wildman–Crippen LogP) is 5.67. The number of hydrogen-bond donors (Lipinski definition) is 0. The van der Waals surface area contributed by atoms with Gasteiger partial charge in [-0.2, -0.15) is 0 Å². The van der Waals surface area contributed by atoms with E-state index in [4.69, 9.17) is 11.6 Å². The van der Waals surface area contributed by atoms with E-state index in [9.17, 15) is 0 Å². The lowest BCUT2D eigenvalue weighted by Gasteiger charge is -2.35. The Morgan fingerprint density at radius 3 is 2.05 bits per heavy atom. The van der Waals surface area contributed by atoms with Crippen LogP contribution in [0.3, 0.4) is 0 Å². The molecule has 0 aliphatic heterocycles. The van der Waals surface area contributed by atoms with Crippen molar-refractivity contribution in [3.63, 3.8) is 0 Å². The van der Waals surface area contributed by atoms with Crippen LogP contribution in [-0.2, 0) is 11.8 Å². The Labute approximate surface area is 133 Å². The fourth-order valence-electron chi connectivity index (χ4n) is 3.32. The highest BCUT2D eigenvalue weighted by atomic mass is 35.5. The molecule has 0 bridgehead atoms. The van der Waals surface area contributed by atoms with E-state index >= 15 is 0 Å². The van der Waals surface area contributed by atoms with E-state index in [2.05, 4.69) is 56.9 Å². The lowest BCUT2D eigenvalue weighted by molar-refractivity contribution is 0.255. The minimum atomic E-state index is 0.126. The first kappa shape index (κ1) is 16.0. The highest BCUT2D eigenvalue weighted by molar-refractivity contribution is 6.30. The summed E-state index contributed by atoms with van der Waals surface area (Å²) in [6.07, 6.45) is 5.92. The van der Waals surface area contributed by atoms with Gasteiger partial charge in [0.25, 0.3) is 0 Å². The van der Waals surface area contributed by atoms with Crippen molar-refractivity contribution in [1.82, 2.24) is 4.98 Å². The van der Waals surface area contributed by atoms with Crippen LogP contribution in [0.25, 0.3) is 0 Å². The first-order chi connectivity index (χ1) is 9.78. The number of rotatable bonds is 5. The number of benzene rings is 1. The molecule has 0 radical (unpaired) electrons. The van der Waals surface area contributed by atoms with Gasteiger partial charge < -0.3 is 0 Å². The van der Waals surface area contributed by atoms with Gasteiger partial charge in [0.15, 0.2) is 0 Å². The molecule has 1 heterocycles. The van der Waals surface area contributed by atoms with Gasteiger partial charge in [-0.25, -0.2) is 0 Å². The molecule has 0 atom stereocenters. The summed E-state index contributed by atoms with van der Waals surface area (Å²) in [4.78, 5) is 4.09. The van der Waals surface area contributed by atoms with E-state index < -0.39 is 0 Å². The largest absolute Gasteiger partial charge is 0.265 e. The Bertz CT molecular complexity index is 570. The van der Waals surface area contributed by atoms with Crippen LogP contribution in [0.4, 0.5) is 0 Å². The van der Waals surface area contributed by atoms with E-state index in [0.717, 1.165) is 17.9 Å². The predicted molar refractivity (Wildman–Crippen MR) is 90.8 cm³/mol. The second kappa shape index (κ2) is 6.19. The van der Waals surface area contributed by atoms with Crippen molar-refractivity contribution in [2.24, 2.45) is 5.41 Å². The van der Waals surface area contributed by atoms with Crippen LogP contribution in [0.1, 0.15) is 45.2 Å². The third-order valence-electron chi connectivity index (χ3n) is 3.98. The minimum absolute atomic E-state index is 0.126. The van der Waals surface area contributed by atoms with Gasteiger partial charge in [-0.15, -0.1) is 0 Å². The zero-order chi connectivity index (χ0) is 15.5. The molecule has 0 saturated carbocycles. The molecule has 1 nitrogen and oxygen atoms in total. The average Bonchev–Trinajstić information content (AvgIpc) is 2.38. The highest BCUT2D eigenvalue weighted by Crippen LogP contribution is 2.38. The Hall–Kier alpha value is -1.34. The Morgan fingerprint density at radius 1 is 0.905 bits per heavy atom. The van der Waals surface area contributed by atoms with E-state index in [1.54, 1.807) is 0 Å². The van der Waals surface area contributed by atoms with E-state index in [1.165, 1.54) is 11.1 Å². The number of nitrogens with zero attached hydrogens (tertiary/aromatic N) is 1. The Kier molecular flexibility index (Phi) is 4.73. The second-order valence-electron chi connectivity index (χ2n) is 7.26. The molecule has 0 spiro atoms. The maximum absolute atomic E-state index is 6.00. The molecule has 0 aliphatic rings. The molecule has 0 unspecified atom stereocenters. The summed E-state index contributed by atoms with van der Waals surface area (Å²) in [5.41, 5.74) is 3.04. The molecule has 0 aliphatic carbocycles. The van der Waals surface area contributed by atoms with Crippen LogP contribution >= 0.6 is 11.6 Å². The van der Waals surface area contributed by atoms with Gasteiger partial charge in [-0.3, -0.25) is 4.98 Å². The van der Waals surface area contributed by atoms with Crippen molar-refractivity contribution < 1.29 is 0 Å². The van der Waals surface area contributed by atoms with Gasteiger partial charge in [-0.05, 0) is 59.1 Å². The molecule has 0 fully saturated rings. The third-order valence-corrected chi connectivity index (χ3v) is 4.23. The summed E-state index contributed by atoms with van der Waals surface area (Å²) in [7, 11) is 0. The average molecular weight is 302 g/mol. The van der Waals surface area contributed by atoms with Crippen molar-refractivity contribution in [2.75, 3.05) is 0 Å². The molecule has 21 heavy (non-hydrogen) atoms. The number of halogens is 1. The highest BCUT2D eigenvalue weighted by Gasteiger charge is 2.30. The normalized spacial score (nSPS) is 12.4. The van der Waals surface area contributed by atoms with E-state index in [0.29, 0.717) is 0 Å². The molecule has 0 N–H and O–H groups in total. The van der Waals surface area contributed by atoms with Crippen LogP contribution in [0.2, 0.25) is 5.02 Å². The first-order valence-electron chi connectivity index (χ1n) is 7.43. The molecular formula is C19H24ClN. The van der Waals surface area contributed by atoms with Crippen LogP contribution < -0.4 is 0 Å². The molecule has 112 valence electrons. The van der Waals surface area contributed by atoms with Crippen molar-refractivity contribution in [2.45, 2.75) is 46.0 Å². The van der Waals surface area contributed by atoms with Gasteiger partial charge >= 0.3 is 0 Å². The van der Waals surface area contributed by atoms with Crippen LogP contribution in [0, 0.1) is 5.41 Å². The number of aromatic nitrogens is 1. The summed E-state index contributed by atoms with van der Waals surface area (Å²) in [6.45, 7) is 9.30. The van der Waals surface area contributed by atoms with Crippen molar-refractivity contribution in [3.8, 4) is 0 Å². The fraction of sp³-hybridized carbons (Fsp3) is 0.421. The summed E-state index contributed by atoms with van der Waals surface area (Å²) in [6, 6.07) is 12.5. The second-order valence-corrected chi connectivity index (χ2v) is 7.70. The van der Waals surface area contributed by atoms with Crippen LogP contribution in [0.15, 0.2) is 48.8 Å². The summed E-state index contributed by atoms with van der Waals surface area (Å²) in [5.74, 6) is 0. The molecule has 2 rings (SSSR count). The fourth-order valence-corrected chi connectivity index (χ4v) is 3.44. The van der Waals surface area contributed by atoms with E-state index in [-0.39, 0.29) is 10.8 Å². The molecule has 0 amide bonds.